The summed E-state index contributed by atoms with van der Waals surface area (Å²) in [7, 11) is 1.56. The number of hydrogen-bond acceptors (Lipinski definition) is 5. The molecule has 0 radical (unpaired) electrons. The van der Waals surface area contributed by atoms with Crippen molar-refractivity contribution < 1.29 is 14.3 Å². The van der Waals surface area contributed by atoms with E-state index in [9.17, 15) is 9.59 Å². The quantitative estimate of drug-likeness (QED) is 0.333. The van der Waals surface area contributed by atoms with Gasteiger partial charge in [0, 0.05) is 36.1 Å². The van der Waals surface area contributed by atoms with Crippen LogP contribution < -0.4 is 5.32 Å². The maximum absolute atomic E-state index is 13.1. The summed E-state index contributed by atoms with van der Waals surface area (Å²) in [6, 6.07) is 18.8. The number of benzene rings is 2. The number of halogens is 1. The Morgan fingerprint density at radius 2 is 1.86 bits per heavy atom. The number of ether oxygens (including phenoxy) is 1. The van der Waals surface area contributed by atoms with Gasteiger partial charge in [-0.3, -0.25) is 19.5 Å². The van der Waals surface area contributed by atoms with Gasteiger partial charge in [0.15, 0.2) is 0 Å². The van der Waals surface area contributed by atoms with Gasteiger partial charge in [0.1, 0.15) is 6.54 Å². The summed E-state index contributed by atoms with van der Waals surface area (Å²) in [4.78, 5) is 32.7. The van der Waals surface area contributed by atoms with Gasteiger partial charge in [-0.05, 0) is 42.6 Å². The average molecular weight is 509 g/mol. The zero-order valence-electron chi connectivity index (χ0n) is 19.4. The third-order valence-electron chi connectivity index (χ3n) is 5.33. The van der Waals surface area contributed by atoms with E-state index in [1.54, 1.807) is 25.3 Å². The number of amides is 2. The number of aryl methyl sites for hydroxylation is 1. The molecule has 0 atom stereocenters. The molecule has 0 aliphatic carbocycles. The predicted octanol–water partition coefficient (Wildman–Crippen LogP) is 5.29. The molecule has 0 aliphatic rings. The lowest BCUT2D eigenvalue weighted by atomic mass is 10.2. The zero-order chi connectivity index (χ0) is 24.8. The van der Waals surface area contributed by atoms with Crippen LogP contribution in [0, 0.1) is 6.92 Å². The largest absolute Gasteiger partial charge is 0.383 e. The van der Waals surface area contributed by atoms with Gasteiger partial charge < -0.3 is 9.64 Å². The van der Waals surface area contributed by atoms with Gasteiger partial charge in [-0.15, -0.1) is 11.3 Å². The second-order valence-electron chi connectivity index (χ2n) is 7.91. The molecule has 1 N–H and O–H groups in total. The highest BCUT2D eigenvalue weighted by Gasteiger charge is 2.21. The number of aromatic nitrogens is 2. The van der Waals surface area contributed by atoms with Crippen LogP contribution in [0.3, 0.4) is 0 Å². The van der Waals surface area contributed by atoms with E-state index in [4.69, 9.17) is 16.3 Å². The number of carbonyl (C=O) groups is 2. The molecule has 2 aromatic carbocycles. The fourth-order valence-electron chi connectivity index (χ4n) is 3.48. The Bertz CT molecular complexity index is 1290. The first-order chi connectivity index (χ1) is 16.9. The monoisotopic (exact) mass is 508 g/mol. The van der Waals surface area contributed by atoms with E-state index in [0.717, 1.165) is 16.8 Å². The molecule has 180 valence electrons. The fourth-order valence-corrected chi connectivity index (χ4v) is 4.29. The number of nitrogens with one attached hydrogen (secondary N) is 1. The summed E-state index contributed by atoms with van der Waals surface area (Å²) in [5.41, 5.74) is 3.52. The molecule has 7 nitrogen and oxygen atoms in total. The Morgan fingerprint density at radius 3 is 2.51 bits per heavy atom. The molecule has 0 spiro atoms. The van der Waals surface area contributed by atoms with Crippen molar-refractivity contribution in [3.05, 3.63) is 87.7 Å². The third-order valence-corrected chi connectivity index (χ3v) is 6.44. The zero-order valence-corrected chi connectivity index (χ0v) is 21.0. The van der Waals surface area contributed by atoms with Crippen molar-refractivity contribution in [2.24, 2.45) is 0 Å². The Morgan fingerprint density at radius 1 is 1.11 bits per heavy atom. The van der Waals surface area contributed by atoms with Crippen LogP contribution in [-0.2, 0) is 9.53 Å². The van der Waals surface area contributed by atoms with Gasteiger partial charge >= 0.3 is 0 Å². The van der Waals surface area contributed by atoms with E-state index in [1.165, 1.54) is 16.2 Å². The minimum absolute atomic E-state index is 0.128. The molecule has 0 fully saturated rings. The first-order valence-electron chi connectivity index (χ1n) is 11.0. The number of imidazole rings is 1. The van der Waals surface area contributed by atoms with Crippen molar-refractivity contribution in [3.8, 4) is 16.9 Å². The minimum Gasteiger partial charge on any atom is -0.383 e. The predicted molar refractivity (Wildman–Crippen MR) is 139 cm³/mol. The van der Waals surface area contributed by atoms with Crippen molar-refractivity contribution in [3.63, 3.8) is 0 Å². The first-order valence-corrected chi connectivity index (χ1v) is 12.2. The summed E-state index contributed by atoms with van der Waals surface area (Å²) >= 11 is 7.38. The maximum atomic E-state index is 13.1. The Balaban J connectivity index is 1.60. The average Bonchev–Trinajstić information content (AvgIpc) is 3.53. The smallest absolute Gasteiger partial charge is 0.264 e. The first kappa shape index (κ1) is 24.7. The summed E-state index contributed by atoms with van der Waals surface area (Å²) < 4.78 is 6.96. The van der Waals surface area contributed by atoms with Crippen molar-refractivity contribution in [2.45, 2.75) is 6.92 Å². The topological polar surface area (TPSA) is 76.5 Å². The van der Waals surface area contributed by atoms with Crippen LogP contribution in [-0.4, -0.2) is 53.1 Å². The lowest BCUT2D eigenvalue weighted by Gasteiger charge is -2.21. The summed E-state index contributed by atoms with van der Waals surface area (Å²) in [6.45, 7) is 2.50. The van der Waals surface area contributed by atoms with Crippen molar-refractivity contribution >= 4 is 40.7 Å². The lowest BCUT2D eigenvalue weighted by molar-refractivity contribution is -0.117. The molecule has 4 aromatic rings. The van der Waals surface area contributed by atoms with E-state index in [2.05, 4.69) is 10.3 Å². The van der Waals surface area contributed by atoms with Crippen LogP contribution in [0.25, 0.3) is 16.9 Å². The molecule has 0 saturated carbocycles. The highest BCUT2D eigenvalue weighted by atomic mass is 35.5. The number of rotatable bonds is 9. The number of anilines is 1. The van der Waals surface area contributed by atoms with Crippen LogP contribution in [0.5, 0.6) is 0 Å². The molecule has 35 heavy (non-hydrogen) atoms. The second-order valence-corrected chi connectivity index (χ2v) is 9.29. The van der Waals surface area contributed by atoms with Gasteiger partial charge in [0.2, 0.25) is 11.9 Å². The molecule has 0 unspecified atom stereocenters. The normalized spacial score (nSPS) is 10.8. The highest BCUT2D eigenvalue weighted by Crippen LogP contribution is 2.26. The molecule has 4 rings (SSSR count). The minimum atomic E-state index is -0.354. The van der Waals surface area contributed by atoms with Gasteiger partial charge in [0.25, 0.3) is 5.91 Å². The number of nitrogens with zero attached hydrogens (tertiary/aromatic N) is 3. The van der Waals surface area contributed by atoms with Crippen molar-refractivity contribution in [1.82, 2.24) is 14.5 Å². The van der Waals surface area contributed by atoms with Gasteiger partial charge in [-0.25, -0.2) is 4.98 Å². The number of methoxy groups -OCH3 is 1. The van der Waals surface area contributed by atoms with Gasteiger partial charge in [0.05, 0.1) is 17.2 Å². The number of hydrogen-bond donors (Lipinski definition) is 1. The Labute approximate surface area is 212 Å². The van der Waals surface area contributed by atoms with E-state index >= 15 is 0 Å². The highest BCUT2D eigenvalue weighted by molar-refractivity contribution is 7.12. The standard InChI is InChI=1S/C26H25ClN4O3S/c1-18-5-11-21(12-6-18)31-16-22(19-7-9-20(27)10-8-19)28-26(31)29-24(32)17-30(13-14-34-2)25(33)23-4-3-15-35-23/h3-12,15-16H,13-14,17H2,1-2H3,(H,28,29,32). The Kier molecular flexibility index (Phi) is 7.97. The fraction of sp³-hybridized carbons (Fsp3) is 0.192. The molecule has 0 bridgehead atoms. The Hall–Kier alpha value is -3.46. The SMILES string of the molecule is COCCN(CC(=O)Nc1nc(-c2ccc(Cl)cc2)cn1-c1ccc(C)cc1)C(=O)c1cccs1. The maximum Gasteiger partial charge on any atom is 0.264 e. The van der Waals surface area contributed by atoms with E-state index in [0.29, 0.717) is 34.7 Å². The van der Waals surface area contributed by atoms with Gasteiger partial charge in [-0.1, -0.05) is 47.5 Å². The van der Waals surface area contributed by atoms with E-state index < -0.39 is 0 Å². The lowest BCUT2D eigenvalue weighted by Crippen LogP contribution is -2.40. The summed E-state index contributed by atoms with van der Waals surface area (Å²) in [5.74, 6) is -0.206. The van der Waals surface area contributed by atoms with E-state index in [-0.39, 0.29) is 18.4 Å². The molecular formula is C26H25ClN4O3S. The van der Waals surface area contributed by atoms with Crippen LogP contribution >= 0.6 is 22.9 Å². The second kappa shape index (κ2) is 11.3. The molecular weight excluding hydrogens is 484 g/mol. The summed E-state index contributed by atoms with van der Waals surface area (Å²) in [5, 5.41) is 5.35. The van der Waals surface area contributed by atoms with Crippen LogP contribution in [0.4, 0.5) is 5.95 Å². The molecule has 9 heteroatoms. The number of carbonyl (C=O) groups excluding carboxylic acids is 2. The third kappa shape index (κ3) is 6.16. The van der Waals surface area contributed by atoms with Gasteiger partial charge in [-0.2, -0.15) is 0 Å². The number of thiophene rings is 1. The van der Waals surface area contributed by atoms with Crippen LogP contribution in [0.2, 0.25) is 5.02 Å². The molecule has 2 amide bonds. The van der Waals surface area contributed by atoms with Crippen molar-refractivity contribution in [2.75, 3.05) is 32.1 Å². The molecule has 2 heterocycles. The molecule has 2 aromatic heterocycles. The van der Waals surface area contributed by atoms with Crippen molar-refractivity contribution in [1.29, 1.82) is 0 Å². The van der Waals surface area contributed by atoms with Crippen LogP contribution in [0.1, 0.15) is 15.2 Å². The van der Waals surface area contributed by atoms with Crippen LogP contribution in [0.15, 0.2) is 72.2 Å². The van der Waals surface area contributed by atoms with E-state index in [1.807, 2.05) is 65.5 Å². The molecule has 0 saturated heterocycles. The summed E-state index contributed by atoms with van der Waals surface area (Å²) in [6.07, 6.45) is 1.86. The molecule has 0 aliphatic heterocycles.